The van der Waals surface area contributed by atoms with Crippen LogP contribution in [0.1, 0.15) is 57.2 Å². The zero-order valence-corrected chi connectivity index (χ0v) is 19.1. The quantitative estimate of drug-likeness (QED) is 0.621. The number of hydrogen-bond donors (Lipinski definition) is 1. The zero-order chi connectivity index (χ0) is 21.5. The summed E-state index contributed by atoms with van der Waals surface area (Å²) < 4.78 is 11.1. The van der Waals surface area contributed by atoms with E-state index in [1.165, 1.54) is 24.8 Å². The summed E-state index contributed by atoms with van der Waals surface area (Å²) in [5.74, 6) is 2.14. The number of likely N-dealkylation sites (tertiary alicyclic amines) is 1. The lowest BCUT2D eigenvalue weighted by atomic mass is 10.0. The average Bonchev–Trinajstić information content (AvgIpc) is 2.78. The molecule has 0 radical (unpaired) electrons. The van der Waals surface area contributed by atoms with Gasteiger partial charge < -0.3 is 14.8 Å². The number of benzene rings is 1. The molecule has 1 saturated heterocycles. The number of methoxy groups -OCH3 is 2. The van der Waals surface area contributed by atoms with Crippen molar-refractivity contribution in [1.29, 1.82) is 0 Å². The van der Waals surface area contributed by atoms with Gasteiger partial charge in [0.15, 0.2) is 5.82 Å². The molecule has 0 bridgehead atoms. The SMILES string of the molecule is CCC(CC)Nc1nc(C)c(-c2ccc(OC)cc2CN2CCCCC2)nc1OC. The third-order valence-corrected chi connectivity index (χ3v) is 5.97. The van der Waals surface area contributed by atoms with E-state index in [0.29, 0.717) is 11.9 Å². The van der Waals surface area contributed by atoms with E-state index in [2.05, 4.69) is 36.2 Å². The van der Waals surface area contributed by atoms with Gasteiger partial charge in [-0.05, 0) is 69.5 Å². The van der Waals surface area contributed by atoms with Crippen LogP contribution < -0.4 is 14.8 Å². The maximum absolute atomic E-state index is 5.62. The molecule has 6 heteroatoms. The average molecular weight is 413 g/mol. The second kappa shape index (κ2) is 10.6. The van der Waals surface area contributed by atoms with Gasteiger partial charge in [0.25, 0.3) is 5.88 Å². The number of nitrogens with zero attached hydrogens (tertiary/aromatic N) is 3. The van der Waals surface area contributed by atoms with Crippen LogP contribution in [-0.4, -0.2) is 48.2 Å². The topological polar surface area (TPSA) is 59.5 Å². The first kappa shape index (κ1) is 22.3. The van der Waals surface area contributed by atoms with Gasteiger partial charge in [-0.1, -0.05) is 20.3 Å². The molecule has 164 valence electrons. The fourth-order valence-corrected chi connectivity index (χ4v) is 4.10. The fraction of sp³-hybridized carbons (Fsp3) is 0.583. The summed E-state index contributed by atoms with van der Waals surface area (Å²) in [5.41, 5.74) is 4.08. The van der Waals surface area contributed by atoms with E-state index in [-0.39, 0.29) is 0 Å². The molecule has 0 unspecified atom stereocenters. The molecular formula is C24H36N4O2. The molecule has 1 aliphatic rings. The summed E-state index contributed by atoms with van der Waals surface area (Å²) in [6, 6.07) is 6.59. The third-order valence-electron chi connectivity index (χ3n) is 5.97. The summed E-state index contributed by atoms with van der Waals surface area (Å²) in [6.07, 6.45) is 5.92. The van der Waals surface area contributed by atoms with Crippen LogP contribution in [0.15, 0.2) is 18.2 Å². The van der Waals surface area contributed by atoms with Gasteiger partial charge in [-0.2, -0.15) is 0 Å². The minimum atomic E-state index is 0.356. The Morgan fingerprint density at radius 2 is 1.77 bits per heavy atom. The van der Waals surface area contributed by atoms with Gasteiger partial charge in [-0.25, -0.2) is 9.97 Å². The van der Waals surface area contributed by atoms with Crippen LogP contribution in [0.25, 0.3) is 11.3 Å². The minimum Gasteiger partial charge on any atom is -0.497 e. The number of aromatic nitrogens is 2. The number of anilines is 1. The van der Waals surface area contributed by atoms with Crippen molar-refractivity contribution >= 4 is 5.82 Å². The maximum Gasteiger partial charge on any atom is 0.257 e. The third kappa shape index (κ3) is 5.22. The largest absolute Gasteiger partial charge is 0.497 e. The van der Waals surface area contributed by atoms with Crippen LogP contribution in [0.3, 0.4) is 0 Å². The molecule has 0 amide bonds. The van der Waals surface area contributed by atoms with Crippen molar-refractivity contribution in [3.63, 3.8) is 0 Å². The van der Waals surface area contributed by atoms with Crippen molar-refractivity contribution in [3.05, 3.63) is 29.5 Å². The summed E-state index contributed by atoms with van der Waals surface area (Å²) in [5, 5.41) is 3.49. The van der Waals surface area contributed by atoms with E-state index < -0.39 is 0 Å². The van der Waals surface area contributed by atoms with E-state index in [4.69, 9.17) is 19.4 Å². The highest BCUT2D eigenvalue weighted by atomic mass is 16.5. The zero-order valence-electron chi connectivity index (χ0n) is 19.1. The molecule has 3 rings (SSSR count). The Labute approximate surface area is 181 Å². The molecule has 0 saturated carbocycles. The Balaban J connectivity index is 1.99. The van der Waals surface area contributed by atoms with E-state index in [9.17, 15) is 0 Å². The van der Waals surface area contributed by atoms with Crippen LogP contribution in [0, 0.1) is 6.92 Å². The number of piperidine rings is 1. The summed E-state index contributed by atoms with van der Waals surface area (Å²) in [6.45, 7) is 9.54. The summed E-state index contributed by atoms with van der Waals surface area (Å²) in [7, 11) is 3.37. The number of ether oxygens (including phenoxy) is 2. The van der Waals surface area contributed by atoms with E-state index >= 15 is 0 Å². The molecule has 1 fully saturated rings. The van der Waals surface area contributed by atoms with Crippen molar-refractivity contribution in [1.82, 2.24) is 14.9 Å². The van der Waals surface area contributed by atoms with Gasteiger partial charge in [-0.15, -0.1) is 0 Å². The molecule has 0 aliphatic carbocycles. The van der Waals surface area contributed by atoms with Crippen LogP contribution in [0.5, 0.6) is 11.6 Å². The number of rotatable bonds is 9. The Kier molecular flexibility index (Phi) is 7.91. The predicted octanol–water partition coefficient (Wildman–Crippen LogP) is 5.06. The lowest BCUT2D eigenvalue weighted by Gasteiger charge is -2.27. The van der Waals surface area contributed by atoms with Gasteiger partial charge in [0.05, 0.1) is 25.6 Å². The molecule has 2 aromatic rings. The van der Waals surface area contributed by atoms with Crippen LogP contribution >= 0.6 is 0 Å². The number of aryl methyl sites for hydroxylation is 1. The van der Waals surface area contributed by atoms with E-state index in [0.717, 1.165) is 61.0 Å². The Bertz CT molecular complexity index is 830. The molecule has 2 heterocycles. The van der Waals surface area contributed by atoms with Crippen molar-refractivity contribution in [2.75, 3.05) is 32.6 Å². The van der Waals surface area contributed by atoms with Gasteiger partial charge in [0, 0.05) is 18.2 Å². The fourth-order valence-electron chi connectivity index (χ4n) is 4.10. The second-order valence-electron chi connectivity index (χ2n) is 8.03. The summed E-state index contributed by atoms with van der Waals surface area (Å²) in [4.78, 5) is 12.2. The molecule has 6 nitrogen and oxygen atoms in total. The van der Waals surface area contributed by atoms with Crippen molar-refractivity contribution in [3.8, 4) is 22.9 Å². The molecule has 30 heavy (non-hydrogen) atoms. The van der Waals surface area contributed by atoms with Gasteiger partial charge >= 0.3 is 0 Å². The molecule has 0 spiro atoms. The molecular weight excluding hydrogens is 376 g/mol. The first-order valence-electron chi connectivity index (χ1n) is 11.2. The molecule has 0 atom stereocenters. The number of hydrogen-bond acceptors (Lipinski definition) is 6. The first-order valence-corrected chi connectivity index (χ1v) is 11.2. The smallest absolute Gasteiger partial charge is 0.257 e. The van der Waals surface area contributed by atoms with Gasteiger partial charge in [0.1, 0.15) is 5.75 Å². The van der Waals surface area contributed by atoms with Gasteiger partial charge in [-0.3, -0.25) is 4.90 Å². The van der Waals surface area contributed by atoms with Crippen molar-refractivity contribution < 1.29 is 9.47 Å². The normalized spacial score (nSPS) is 14.7. The first-order chi connectivity index (χ1) is 14.6. The lowest BCUT2D eigenvalue weighted by Crippen LogP contribution is -2.29. The van der Waals surface area contributed by atoms with Gasteiger partial charge in [0.2, 0.25) is 0 Å². The van der Waals surface area contributed by atoms with E-state index in [1.807, 2.05) is 13.0 Å². The van der Waals surface area contributed by atoms with Crippen molar-refractivity contribution in [2.24, 2.45) is 0 Å². The lowest BCUT2D eigenvalue weighted by molar-refractivity contribution is 0.221. The monoisotopic (exact) mass is 412 g/mol. The standard InChI is InChI=1S/C24H36N4O2/c1-6-19(7-2)26-23-24(30-5)27-22(17(3)25-23)21-12-11-20(29-4)15-18(21)16-28-13-9-8-10-14-28/h11-12,15,19H,6-10,13-14,16H2,1-5H3,(H,25,26). The highest BCUT2D eigenvalue weighted by molar-refractivity contribution is 5.69. The Morgan fingerprint density at radius 3 is 2.40 bits per heavy atom. The highest BCUT2D eigenvalue weighted by Gasteiger charge is 2.20. The van der Waals surface area contributed by atoms with E-state index in [1.54, 1.807) is 14.2 Å². The Morgan fingerprint density at radius 1 is 1.03 bits per heavy atom. The molecule has 1 N–H and O–H groups in total. The predicted molar refractivity (Wildman–Crippen MR) is 122 cm³/mol. The van der Waals surface area contributed by atoms with Crippen LogP contribution in [0.4, 0.5) is 5.82 Å². The summed E-state index contributed by atoms with van der Waals surface area (Å²) >= 11 is 0. The van der Waals surface area contributed by atoms with Crippen LogP contribution in [-0.2, 0) is 6.54 Å². The van der Waals surface area contributed by atoms with Crippen molar-refractivity contribution in [2.45, 2.75) is 65.5 Å². The minimum absolute atomic E-state index is 0.356. The molecule has 1 aromatic heterocycles. The number of nitrogens with one attached hydrogen (secondary N) is 1. The van der Waals surface area contributed by atoms with Crippen LogP contribution in [0.2, 0.25) is 0 Å². The highest BCUT2D eigenvalue weighted by Crippen LogP contribution is 2.33. The maximum atomic E-state index is 5.62. The second-order valence-corrected chi connectivity index (χ2v) is 8.03. The molecule has 1 aromatic carbocycles. The Hall–Kier alpha value is -2.34. The molecule has 1 aliphatic heterocycles.